The molecule has 1 heterocycles. The van der Waals surface area contributed by atoms with Gasteiger partial charge in [-0.05, 0) is 48.6 Å². The molecular formula is C19H22N2O. The van der Waals surface area contributed by atoms with Crippen LogP contribution in [-0.4, -0.2) is 21.8 Å². The van der Waals surface area contributed by atoms with E-state index < -0.39 is 0 Å². The third kappa shape index (κ3) is 3.35. The lowest BCUT2D eigenvalue weighted by molar-refractivity contribution is 0.0727. The predicted octanol–water partition coefficient (Wildman–Crippen LogP) is 4.01. The number of aromatic nitrogens is 1. The van der Waals surface area contributed by atoms with Crippen molar-refractivity contribution in [1.29, 1.82) is 0 Å². The highest BCUT2D eigenvalue weighted by Crippen LogP contribution is 2.29. The van der Waals surface area contributed by atoms with Gasteiger partial charge in [-0.15, -0.1) is 0 Å². The van der Waals surface area contributed by atoms with Crippen LogP contribution in [0.15, 0.2) is 48.7 Å². The van der Waals surface area contributed by atoms with Crippen molar-refractivity contribution in [1.82, 2.24) is 9.88 Å². The van der Waals surface area contributed by atoms with E-state index in [-0.39, 0.29) is 5.91 Å². The van der Waals surface area contributed by atoms with Crippen molar-refractivity contribution in [3.05, 3.63) is 65.5 Å². The maximum absolute atomic E-state index is 12.8. The summed E-state index contributed by atoms with van der Waals surface area (Å²) < 4.78 is 0. The summed E-state index contributed by atoms with van der Waals surface area (Å²) in [6.07, 6.45) is 3.98. The monoisotopic (exact) mass is 294 g/mol. The van der Waals surface area contributed by atoms with Crippen LogP contribution in [0.3, 0.4) is 0 Å². The zero-order valence-electron chi connectivity index (χ0n) is 13.2. The van der Waals surface area contributed by atoms with Gasteiger partial charge in [0, 0.05) is 17.8 Å². The fourth-order valence-corrected chi connectivity index (χ4v) is 2.60. The second-order valence-corrected chi connectivity index (χ2v) is 6.26. The Bertz CT molecular complexity index is 630. The van der Waals surface area contributed by atoms with Crippen LogP contribution in [0.4, 0.5) is 0 Å². The maximum Gasteiger partial charge on any atom is 0.254 e. The van der Waals surface area contributed by atoms with Crippen LogP contribution in [0.25, 0.3) is 0 Å². The molecule has 114 valence electrons. The number of carbonyl (C=O) groups is 1. The molecule has 22 heavy (non-hydrogen) atoms. The van der Waals surface area contributed by atoms with Crippen LogP contribution in [0.1, 0.15) is 54.2 Å². The second-order valence-electron chi connectivity index (χ2n) is 6.26. The number of pyridine rings is 1. The zero-order valence-corrected chi connectivity index (χ0v) is 13.2. The molecular weight excluding hydrogens is 272 g/mol. The summed E-state index contributed by atoms with van der Waals surface area (Å²) in [6.45, 7) is 4.92. The lowest BCUT2D eigenvalue weighted by atomic mass is 10.0. The number of rotatable bonds is 5. The van der Waals surface area contributed by atoms with Crippen LogP contribution >= 0.6 is 0 Å². The molecule has 1 amide bonds. The van der Waals surface area contributed by atoms with Gasteiger partial charge in [-0.1, -0.05) is 32.0 Å². The minimum absolute atomic E-state index is 0.114. The van der Waals surface area contributed by atoms with Crippen LogP contribution in [0, 0.1) is 0 Å². The van der Waals surface area contributed by atoms with Crippen LogP contribution in [-0.2, 0) is 6.54 Å². The summed E-state index contributed by atoms with van der Waals surface area (Å²) in [6, 6.07) is 14.2. The SMILES string of the molecule is CC(C)c1ccc(C(=O)N(Cc2ccccn2)C2CC2)cc1. The highest BCUT2D eigenvalue weighted by atomic mass is 16.2. The maximum atomic E-state index is 12.8. The molecule has 0 unspecified atom stereocenters. The molecule has 2 aromatic rings. The Morgan fingerprint density at radius 1 is 1.18 bits per heavy atom. The Kier molecular flexibility index (Phi) is 4.23. The molecule has 1 aliphatic rings. The quantitative estimate of drug-likeness (QED) is 0.834. The highest BCUT2D eigenvalue weighted by Gasteiger charge is 2.33. The zero-order chi connectivity index (χ0) is 15.5. The van der Waals surface area contributed by atoms with Crippen molar-refractivity contribution in [2.24, 2.45) is 0 Å². The van der Waals surface area contributed by atoms with Gasteiger partial charge in [-0.25, -0.2) is 0 Å². The molecule has 0 spiro atoms. The van der Waals surface area contributed by atoms with Gasteiger partial charge in [0.25, 0.3) is 5.91 Å². The number of nitrogens with zero attached hydrogens (tertiary/aromatic N) is 2. The van der Waals surface area contributed by atoms with Gasteiger partial charge >= 0.3 is 0 Å². The third-order valence-electron chi connectivity index (χ3n) is 4.13. The van der Waals surface area contributed by atoms with E-state index in [0.717, 1.165) is 24.1 Å². The average Bonchev–Trinajstić information content (AvgIpc) is 3.38. The number of hydrogen-bond donors (Lipinski definition) is 0. The van der Waals surface area contributed by atoms with Gasteiger partial charge in [0.1, 0.15) is 0 Å². The molecule has 1 fully saturated rings. The summed E-state index contributed by atoms with van der Waals surface area (Å²) in [5.41, 5.74) is 2.98. The lowest BCUT2D eigenvalue weighted by Gasteiger charge is -2.22. The molecule has 0 bridgehead atoms. The molecule has 0 radical (unpaired) electrons. The minimum Gasteiger partial charge on any atom is -0.330 e. The first kappa shape index (κ1) is 14.8. The van der Waals surface area contributed by atoms with Crippen molar-refractivity contribution in [3.8, 4) is 0 Å². The first-order chi connectivity index (χ1) is 10.6. The number of benzene rings is 1. The van der Waals surface area contributed by atoms with Crippen LogP contribution in [0.2, 0.25) is 0 Å². The summed E-state index contributed by atoms with van der Waals surface area (Å²) in [7, 11) is 0. The number of amides is 1. The van der Waals surface area contributed by atoms with E-state index in [4.69, 9.17) is 0 Å². The summed E-state index contributed by atoms with van der Waals surface area (Å²) in [4.78, 5) is 19.1. The molecule has 3 rings (SSSR count). The number of hydrogen-bond acceptors (Lipinski definition) is 2. The second kappa shape index (κ2) is 6.30. The van der Waals surface area contributed by atoms with E-state index in [1.807, 2.05) is 35.2 Å². The van der Waals surface area contributed by atoms with Gasteiger partial charge in [0.2, 0.25) is 0 Å². The van der Waals surface area contributed by atoms with Crippen molar-refractivity contribution >= 4 is 5.91 Å². The molecule has 3 nitrogen and oxygen atoms in total. The third-order valence-corrected chi connectivity index (χ3v) is 4.13. The van der Waals surface area contributed by atoms with E-state index in [2.05, 4.69) is 31.0 Å². The van der Waals surface area contributed by atoms with Crippen molar-refractivity contribution in [2.45, 2.75) is 45.2 Å². The molecule has 1 saturated carbocycles. The minimum atomic E-state index is 0.114. The molecule has 0 N–H and O–H groups in total. The van der Waals surface area contributed by atoms with E-state index in [1.165, 1.54) is 5.56 Å². The Hall–Kier alpha value is -2.16. The fraction of sp³-hybridized carbons (Fsp3) is 0.368. The summed E-state index contributed by atoms with van der Waals surface area (Å²) >= 11 is 0. The Labute approximate surface area is 132 Å². The molecule has 0 saturated heterocycles. The van der Waals surface area contributed by atoms with Gasteiger partial charge in [0.15, 0.2) is 0 Å². The largest absolute Gasteiger partial charge is 0.330 e. The highest BCUT2D eigenvalue weighted by molar-refractivity contribution is 5.94. The van der Waals surface area contributed by atoms with E-state index >= 15 is 0 Å². The smallest absolute Gasteiger partial charge is 0.254 e. The van der Waals surface area contributed by atoms with Gasteiger partial charge in [0.05, 0.1) is 12.2 Å². The van der Waals surface area contributed by atoms with Crippen molar-refractivity contribution in [3.63, 3.8) is 0 Å². The molecule has 0 atom stereocenters. The van der Waals surface area contributed by atoms with Crippen molar-refractivity contribution in [2.75, 3.05) is 0 Å². The molecule has 0 aliphatic heterocycles. The lowest BCUT2D eigenvalue weighted by Crippen LogP contribution is -2.32. The van der Waals surface area contributed by atoms with Crippen molar-refractivity contribution < 1.29 is 4.79 Å². The Morgan fingerprint density at radius 2 is 1.91 bits per heavy atom. The Morgan fingerprint density at radius 3 is 2.45 bits per heavy atom. The molecule has 1 aromatic carbocycles. The molecule has 1 aliphatic carbocycles. The fourth-order valence-electron chi connectivity index (χ4n) is 2.60. The normalized spacial score (nSPS) is 14.1. The van der Waals surface area contributed by atoms with Gasteiger partial charge in [-0.2, -0.15) is 0 Å². The standard InChI is InChI=1S/C19H22N2O/c1-14(2)15-6-8-16(9-7-15)19(22)21(18-10-11-18)13-17-5-3-4-12-20-17/h3-9,12,14,18H,10-11,13H2,1-2H3. The Balaban J connectivity index is 1.78. The average molecular weight is 294 g/mol. The van der Waals surface area contributed by atoms with Crippen LogP contribution < -0.4 is 0 Å². The number of carbonyl (C=O) groups excluding carboxylic acids is 1. The van der Waals surface area contributed by atoms with Gasteiger partial charge in [-0.3, -0.25) is 9.78 Å². The summed E-state index contributed by atoms with van der Waals surface area (Å²) in [5, 5.41) is 0. The van der Waals surface area contributed by atoms with E-state index in [1.54, 1.807) is 6.20 Å². The van der Waals surface area contributed by atoms with Crippen LogP contribution in [0.5, 0.6) is 0 Å². The first-order valence-electron chi connectivity index (χ1n) is 7.96. The van der Waals surface area contributed by atoms with E-state index in [9.17, 15) is 4.79 Å². The summed E-state index contributed by atoms with van der Waals surface area (Å²) in [5.74, 6) is 0.598. The first-order valence-corrected chi connectivity index (χ1v) is 7.96. The molecule has 1 aromatic heterocycles. The van der Waals surface area contributed by atoms with E-state index in [0.29, 0.717) is 18.5 Å². The topological polar surface area (TPSA) is 33.2 Å². The van der Waals surface area contributed by atoms with Gasteiger partial charge < -0.3 is 4.90 Å². The predicted molar refractivity (Wildman–Crippen MR) is 87.7 cm³/mol. The molecule has 3 heteroatoms.